The lowest BCUT2D eigenvalue weighted by Crippen LogP contribution is -2.40. The second-order valence-corrected chi connectivity index (χ2v) is 5.22. The molecule has 22 heavy (non-hydrogen) atoms. The summed E-state index contributed by atoms with van der Waals surface area (Å²) in [6.07, 6.45) is 2.64. The van der Waals surface area contributed by atoms with Crippen molar-refractivity contribution in [2.45, 2.75) is 19.3 Å². The van der Waals surface area contributed by atoms with E-state index in [0.29, 0.717) is 36.7 Å². The van der Waals surface area contributed by atoms with Gasteiger partial charge in [-0.05, 0) is 37.0 Å². The number of hydrogen-bond acceptors (Lipinski definition) is 5. The molecule has 1 amide bonds. The Morgan fingerprint density at radius 2 is 2.05 bits per heavy atom. The van der Waals surface area contributed by atoms with E-state index >= 15 is 0 Å². The lowest BCUT2D eigenvalue weighted by Gasteiger charge is -2.30. The quantitative estimate of drug-likeness (QED) is 0.630. The van der Waals surface area contributed by atoms with Crippen LogP contribution in [0.15, 0.2) is 24.3 Å². The number of aldehydes is 1. The third-order valence-corrected chi connectivity index (χ3v) is 3.76. The van der Waals surface area contributed by atoms with Gasteiger partial charge >= 0.3 is 12.1 Å². The van der Waals surface area contributed by atoms with Gasteiger partial charge in [0.1, 0.15) is 12.0 Å². The number of ether oxygens (including phenoxy) is 2. The monoisotopic (exact) mass is 305 g/mol. The van der Waals surface area contributed by atoms with Crippen molar-refractivity contribution in [3.63, 3.8) is 0 Å². The number of likely N-dealkylation sites (tertiary alicyclic amines) is 1. The maximum absolute atomic E-state index is 12.1. The van der Waals surface area contributed by atoms with Crippen molar-refractivity contribution >= 4 is 18.3 Å². The van der Waals surface area contributed by atoms with Crippen LogP contribution in [0.1, 0.15) is 29.6 Å². The molecule has 1 fully saturated rings. The summed E-state index contributed by atoms with van der Waals surface area (Å²) < 4.78 is 9.92. The van der Waals surface area contributed by atoms with E-state index in [4.69, 9.17) is 4.74 Å². The summed E-state index contributed by atoms with van der Waals surface area (Å²) >= 11 is 0. The van der Waals surface area contributed by atoms with Gasteiger partial charge in [0.15, 0.2) is 0 Å². The minimum atomic E-state index is -0.479. The number of amides is 1. The van der Waals surface area contributed by atoms with Gasteiger partial charge < -0.3 is 19.2 Å². The molecule has 0 radical (unpaired) electrons. The Labute approximate surface area is 129 Å². The minimum absolute atomic E-state index is 0.308. The largest absolute Gasteiger partial charge is 0.465 e. The van der Waals surface area contributed by atoms with Crippen LogP contribution >= 0.6 is 0 Å². The highest BCUT2D eigenvalue weighted by atomic mass is 16.6. The molecule has 0 unspecified atom stereocenters. The van der Waals surface area contributed by atoms with Crippen molar-refractivity contribution in [2.24, 2.45) is 5.92 Å². The van der Waals surface area contributed by atoms with Crippen molar-refractivity contribution in [1.29, 1.82) is 0 Å². The zero-order chi connectivity index (χ0) is 15.9. The third-order valence-electron chi connectivity index (χ3n) is 3.76. The molecule has 0 atom stereocenters. The maximum atomic E-state index is 12.1. The van der Waals surface area contributed by atoms with Crippen molar-refractivity contribution in [2.75, 3.05) is 20.2 Å². The Kier molecular flexibility index (Phi) is 5.52. The second-order valence-electron chi connectivity index (χ2n) is 5.22. The molecule has 1 heterocycles. The number of carbonyl (C=O) groups is 3. The lowest BCUT2D eigenvalue weighted by atomic mass is 9.94. The Morgan fingerprint density at radius 1 is 1.32 bits per heavy atom. The Balaban J connectivity index is 1.92. The first-order valence-corrected chi connectivity index (χ1v) is 7.22. The van der Waals surface area contributed by atoms with E-state index in [9.17, 15) is 14.4 Å². The summed E-state index contributed by atoms with van der Waals surface area (Å²) in [4.78, 5) is 35.7. The molecule has 2 rings (SSSR count). The van der Waals surface area contributed by atoms with Crippen molar-refractivity contribution in [3.05, 3.63) is 29.8 Å². The Hall–Kier alpha value is -2.37. The van der Waals surface area contributed by atoms with Crippen LogP contribution in [-0.2, 0) is 9.53 Å². The zero-order valence-corrected chi connectivity index (χ0v) is 12.5. The first kappa shape index (κ1) is 16.0. The van der Waals surface area contributed by atoms with Gasteiger partial charge in [-0.3, -0.25) is 0 Å². The van der Waals surface area contributed by atoms with Gasteiger partial charge in [-0.25, -0.2) is 9.59 Å². The first-order valence-electron chi connectivity index (χ1n) is 7.22. The van der Waals surface area contributed by atoms with Gasteiger partial charge in [-0.1, -0.05) is 6.07 Å². The fourth-order valence-electron chi connectivity index (χ4n) is 2.46. The van der Waals surface area contributed by atoms with Crippen LogP contribution in [0.25, 0.3) is 0 Å². The van der Waals surface area contributed by atoms with Crippen molar-refractivity contribution in [1.82, 2.24) is 4.90 Å². The van der Waals surface area contributed by atoms with Crippen molar-refractivity contribution in [3.8, 4) is 5.75 Å². The number of rotatable bonds is 4. The van der Waals surface area contributed by atoms with Crippen LogP contribution in [0.3, 0.4) is 0 Å². The van der Waals surface area contributed by atoms with E-state index in [0.717, 1.165) is 19.1 Å². The highest BCUT2D eigenvalue weighted by Crippen LogP contribution is 2.21. The van der Waals surface area contributed by atoms with E-state index < -0.39 is 12.1 Å². The van der Waals surface area contributed by atoms with Crippen LogP contribution in [0, 0.1) is 5.92 Å². The summed E-state index contributed by atoms with van der Waals surface area (Å²) in [5.41, 5.74) is 0.331. The maximum Gasteiger partial charge on any atom is 0.415 e. The van der Waals surface area contributed by atoms with Crippen LogP contribution in [0.4, 0.5) is 4.79 Å². The van der Waals surface area contributed by atoms with E-state index in [1.807, 2.05) is 0 Å². The molecule has 1 saturated heterocycles. The molecule has 0 aromatic heterocycles. The fourth-order valence-corrected chi connectivity index (χ4v) is 2.46. The Bertz CT molecular complexity index is 549. The molecule has 0 saturated carbocycles. The molecule has 118 valence electrons. The van der Waals surface area contributed by atoms with Crippen molar-refractivity contribution < 1.29 is 23.9 Å². The fraction of sp³-hybridized carbons (Fsp3) is 0.438. The van der Waals surface area contributed by atoms with E-state index in [1.165, 1.54) is 13.2 Å². The van der Waals surface area contributed by atoms with Crippen LogP contribution < -0.4 is 4.74 Å². The molecule has 0 spiro atoms. The van der Waals surface area contributed by atoms with E-state index in [2.05, 4.69) is 4.74 Å². The molecular weight excluding hydrogens is 286 g/mol. The van der Waals surface area contributed by atoms with Gasteiger partial charge in [-0.15, -0.1) is 0 Å². The second kappa shape index (κ2) is 7.59. The number of esters is 1. The predicted molar refractivity (Wildman–Crippen MR) is 78.8 cm³/mol. The number of methoxy groups -OCH3 is 1. The van der Waals surface area contributed by atoms with E-state index in [-0.39, 0.29) is 0 Å². The number of hydrogen-bond donors (Lipinski definition) is 0. The summed E-state index contributed by atoms with van der Waals surface area (Å²) in [7, 11) is 1.30. The zero-order valence-electron chi connectivity index (χ0n) is 12.5. The summed E-state index contributed by atoms with van der Waals surface area (Å²) in [6, 6.07) is 6.31. The molecule has 1 aromatic carbocycles. The molecule has 0 N–H and O–H groups in total. The molecule has 6 nitrogen and oxygen atoms in total. The van der Waals surface area contributed by atoms with E-state index in [1.54, 1.807) is 23.1 Å². The Morgan fingerprint density at radius 3 is 2.68 bits per heavy atom. The van der Waals surface area contributed by atoms with Crippen LogP contribution in [0.5, 0.6) is 5.75 Å². The summed E-state index contributed by atoms with van der Waals surface area (Å²) in [5.74, 6) is 0.180. The average molecular weight is 305 g/mol. The third kappa shape index (κ3) is 4.07. The molecule has 0 aliphatic carbocycles. The highest BCUT2D eigenvalue weighted by molar-refractivity contribution is 5.89. The summed E-state index contributed by atoms with van der Waals surface area (Å²) in [6.45, 7) is 1.15. The van der Waals surface area contributed by atoms with Gasteiger partial charge in [0.25, 0.3) is 0 Å². The smallest absolute Gasteiger partial charge is 0.415 e. The standard InChI is InChI=1S/C16H19NO5/c1-21-15(19)13-3-2-4-14(11-13)22-16(20)17-8-5-12(6-9-17)7-10-18/h2-4,10-12H,5-9H2,1H3. The molecule has 0 bridgehead atoms. The number of carbonyl (C=O) groups excluding carboxylic acids is 3. The van der Waals surface area contributed by atoms with Crippen LogP contribution in [-0.4, -0.2) is 43.4 Å². The number of nitrogens with zero attached hydrogens (tertiary/aromatic N) is 1. The van der Waals surface area contributed by atoms with Gasteiger partial charge in [0, 0.05) is 19.5 Å². The average Bonchev–Trinajstić information content (AvgIpc) is 2.55. The normalized spacial score (nSPS) is 15.2. The topological polar surface area (TPSA) is 72.9 Å². The molecular formula is C16H19NO5. The molecule has 1 aromatic rings. The molecule has 1 aliphatic heterocycles. The van der Waals surface area contributed by atoms with Gasteiger partial charge in [-0.2, -0.15) is 0 Å². The van der Waals surface area contributed by atoms with Gasteiger partial charge in [0.05, 0.1) is 12.7 Å². The summed E-state index contributed by atoms with van der Waals surface area (Å²) in [5, 5.41) is 0. The number of piperidine rings is 1. The highest BCUT2D eigenvalue weighted by Gasteiger charge is 2.24. The molecule has 6 heteroatoms. The predicted octanol–water partition coefficient (Wildman–Crippen LogP) is 2.27. The molecule has 1 aliphatic rings. The van der Waals surface area contributed by atoms with Gasteiger partial charge in [0.2, 0.25) is 0 Å². The minimum Gasteiger partial charge on any atom is -0.465 e. The van der Waals surface area contributed by atoms with Crippen LogP contribution in [0.2, 0.25) is 0 Å². The lowest BCUT2D eigenvalue weighted by molar-refractivity contribution is -0.108. The SMILES string of the molecule is COC(=O)c1cccc(OC(=O)N2CCC(CC=O)CC2)c1. The first-order chi connectivity index (χ1) is 10.6. The number of benzene rings is 1.